The number of aryl methyl sites for hydroxylation is 1. The smallest absolute Gasteiger partial charge is 0.119 e. The molecule has 0 unspecified atom stereocenters. The molecule has 2 N–H and O–H groups in total. The number of benzene rings is 1. The summed E-state index contributed by atoms with van der Waals surface area (Å²) in [6, 6.07) is 6.01. The van der Waals surface area contributed by atoms with Crippen LogP contribution in [0.25, 0.3) is 0 Å². The summed E-state index contributed by atoms with van der Waals surface area (Å²) >= 11 is 0. The van der Waals surface area contributed by atoms with E-state index in [-0.39, 0.29) is 12.0 Å². The maximum atomic E-state index is 9.20. The summed E-state index contributed by atoms with van der Waals surface area (Å²) in [5.74, 6) is 0.900. The number of aliphatic hydroxyl groups is 1. The van der Waals surface area contributed by atoms with Crippen molar-refractivity contribution in [3.63, 3.8) is 0 Å². The zero-order chi connectivity index (χ0) is 12.9. The maximum Gasteiger partial charge on any atom is 0.119 e. The van der Waals surface area contributed by atoms with Gasteiger partial charge in [-0.3, -0.25) is 0 Å². The average molecular weight is 237 g/mol. The Hall–Kier alpha value is -1.22. The third kappa shape index (κ3) is 4.27. The fourth-order valence-corrected chi connectivity index (χ4v) is 1.48. The molecule has 0 spiro atoms. The van der Waals surface area contributed by atoms with Crippen LogP contribution in [0.2, 0.25) is 0 Å². The van der Waals surface area contributed by atoms with Crippen molar-refractivity contribution >= 4 is 5.69 Å². The lowest BCUT2D eigenvalue weighted by Gasteiger charge is -2.23. The van der Waals surface area contributed by atoms with Gasteiger partial charge in [-0.15, -0.1) is 0 Å². The minimum atomic E-state index is -0.106. The number of hydrogen-bond donors (Lipinski definition) is 2. The Balaban J connectivity index is 2.66. The van der Waals surface area contributed by atoms with Crippen LogP contribution in [0.3, 0.4) is 0 Å². The molecule has 0 aliphatic heterocycles. The molecule has 0 aromatic heterocycles. The van der Waals surface area contributed by atoms with Crippen LogP contribution in [-0.2, 0) is 0 Å². The maximum absolute atomic E-state index is 9.20. The first-order chi connectivity index (χ1) is 7.98. The first-order valence-electron chi connectivity index (χ1n) is 6.06. The van der Waals surface area contributed by atoms with Gasteiger partial charge >= 0.3 is 0 Å². The van der Waals surface area contributed by atoms with Crippen molar-refractivity contribution in [3.8, 4) is 5.75 Å². The van der Waals surface area contributed by atoms with Gasteiger partial charge in [0.15, 0.2) is 0 Å². The van der Waals surface area contributed by atoms with Crippen molar-refractivity contribution in [2.24, 2.45) is 5.41 Å². The second-order valence-corrected chi connectivity index (χ2v) is 5.09. The van der Waals surface area contributed by atoms with Gasteiger partial charge in [0.2, 0.25) is 0 Å². The normalized spacial score (nSPS) is 11.4. The van der Waals surface area contributed by atoms with Crippen molar-refractivity contribution < 1.29 is 9.84 Å². The topological polar surface area (TPSA) is 41.5 Å². The molecule has 3 heteroatoms. The van der Waals surface area contributed by atoms with Crippen LogP contribution in [0.4, 0.5) is 5.69 Å². The first-order valence-corrected chi connectivity index (χ1v) is 6.06. The number of hydrogen-bond acceptors (Lipinski definition) is 3. The van der Waals surface area contributed by atoms with Crippen molar-refractivity contribution in [2.45, 2.75) is 27.7 Å². The minimum Gasteiger partial charge on any atom is -0.494 e. The highest BCUT2D eigenvalue weighted by Gasteiger charge is 2.16. The van der Waals surface area contributed by atoms with Gasteiger partial charge in [-0.05, 0) is 37.6 Å². The molecule has 0 aliphatic carbocycles. The summed E-state index contributed by atoms with van der Waals surface area (Å²) in [4.78, 5) is 0. The minimum absolute atomic E-state index is 0.106. The van der Waals surface area contributed by atoms with Crippen LogP contribution in [0.5, 0.6) is 5.75 Å². The van der Waals surface area contributed by atoms with Gasteiger partial charge in [-0.2, -0.15) is 0 Å². The summed E-state index contributed by atoms with van der Waals surface area (Å²) < 4.78 is 5.44. The van der Waals surface area contributed by atoms with Crippen molar-refractivity contribution in [3.05, 3.63) is 23.8 Å². The summed E-state index contributed by atoms with van der Waals surface area (Å²) in [6.45, 7) is 9.70. The van der Waals surface area contributed by atoms with E-state index in [0.717, 1.165) is 23.5 Å². The van der Waals surface area contributed by atoms with E-state index in [1.54, 1.807) is 0 Å². The van der Waals surface area contributed by atoms with Crippen LogP contribution < -0.4 is 10.1 Å². The molecule has 0 saturated heterocycles. The zero-order valence-corrected chi connectivity index (χ0v) is 11.2. The summed E-state index contributed by atoms with van der Waals surface area (Å²) in [6.07, 6.45) is 0. The molecular formula is C14H23NO2. The summed E-state index contributed by atoms with van der Waals surface area (Å²) in [5.41, 5.74) is 2.14. The van der Waals surface area contributed by atoms with Crippen molar-refractivity contribution in [1.82, 2.24) is 0 Å². The van der Waals surface area contributed by atoms with Crippen molar-refractivity contribution in [1.29, 1.82) is 0 Å². The van der Waals surface area contributed by atoms with Gasteiger partial charge in [-0.1, -0.05) is 13.8 Å². The van der Waals surface area contributed by atoms with Crippen molar-refractivity contribution in [2.75, 3.05) is 25.1 Å². The molecule has 0 bridgehead atoms. The Bertz CT molecular complexity index is 361. The molecule has 1 aromatic carbocycles. The lowest BCUT2D eigenvalue weighted by Crippen LogP contribution is -2.27. The highest BCUT2D eigenvalue weighted by Crippen LogP contribution is 2.23. The SMILES string of the molecule is CCOc1ccc(NCC(C)(C)CO)c(C)c1. The molecular weight excluding hydrogens is 214 g/mol. The fraction of sp³-hybridized carbons (Fsp3) is 0.571. The highest BCUT2D eigenvalue weighted by molar-refractivity contribution is 5.53. The quantitative estimate of drug-likeness (QED) is 0.799. The third-order valence-electron chi connectivity index (χ3n) is 2.69. The van der Waals surface area contributed by atoms with Gasteiger partial charge in [0.25, 0.3) is 0 Å². The molecule has 96 valence electrons. The van der Waals surface area contributed by atoms with Crippen LogP contribution in [0.15, 0.2) is 18.2 Å². The molecule has 3 nitrogen and oxygen atoms in total. The largest absolute Gasteiger partial charge is 0.494 e. The zero-order valence-electron chi connectivity index (χ0n) is 11.2. The molecule has 0 fully saturated rings. The second kappa shape index (κ2) is 5.92. The molecule has 0 radical (unpaired) electrons. The second-order valence-electron chi connectivity index (χ2n) is 5.09. The monoisotopic (exact) mass is 237 g/mol. The van der Waals surface area contributed by atoms with Crippen LogP contribution in [-0.4, -0.2) is 24.9 Å². The molecule has 0 heterocycles. The van der Waals surface area contributed by atoms with Gasteiger partial charge in [-0.25, -0.2) is 0 Å². The molecule has 0 amide bonds. The van der Waals surface area contributed by atoms with Gasteiger partial charge < -0.3 is 15.2 Å². The molecule has 0 aliphatic rings. The number of nitrogens with one attached hydrogen (secondary N) is 1. The van der Waals surface area contributed by atoms with E-state index in [0.29, 0.717) is 6.61 Å². The predicted octanol–water partition coefficient (Wildman–Crippen LogP) is 2.82. The molecule has 0 saturated carbocycles. The van der Waals surface area contributed by atoms with Gasteiger partial charge in [0.05, 0.1) is 6.61 Å². The highest BCUT2D eigenvalue weighted by atomic mass is 16.5. The van der Waals surface area contributed by atoms with E-state index in [2.05, 4.69) is 12.2 Å². The lowest BCUT2D eigenvalue weighted by atomic mass is 9.95. The van der Waals surface area contributed by atoms with Crippen LogP contribution in [0.1, 0.15) is 26.3 Å². The Labute approximate surface area is 104 Å². The molecule has 0 atom stereocenters. The van der Waals surface area contributed by atoms with E-state index in [1.165, 1.54) is 0 Å². The number of rotatable bonds is 6. The summed E-state index contributed by atoms with van der Waals surface area (Å²) in [7, 11) is 0. The summed E-state index contributed by atoms with van der Waals surface area (Å²) in [5, 5.41) is 12.6. The Morgan fingerprint density at radius 2 is 2.06 bits per heavy atom. The lowest BCUT2D eigenvalue weighted by molar-refractivity contribution is 0.171. The van der Waals surface area contributed by atoms with E-state index in [1.807, 2.05) is 39.0 Å². The van der Waals surface area contributed by atoms with Crippen LogP contribution in [0, 0.1) is 12.3 Å². The Morgan fingerprint density at radius 1 is 1.35 bits per heavy atom. The van der Waals surface area contributed by atoms with E-state index in [4.69, 9.17) is 4.74 Å². The number of anilines is 1. The number of ether oxygens (including phenoxy) is 1. The fourth-order valence-electron chi connectivity index (χ4n) is 1.48. The van der Waals surface area contributed by atoms with Gasteiger partial charge in [0, 0.05) is 24.3 Å². The standard InChI is InChI=1S/C14H23NO2/c1-5-17-12-6-7-13(11(2)8-12)15-9-14(3,4)10-16/h6-8,15-16H,5,9-10H2,1-4H3. The number of aliphatic hydroxyl groups excluding tert-OH is 1. The van der Waals surface area contributed by atoms with Crippen LogP contribution >= 0.6 is 0 Å². The average Bonchev–Trinajstić information content (AvgIpc) is 2.28. The van der Waals surface area contributed by atoms with Gasteiger partial charge in [0.1, 0.15) is 5.75 Å². The third-order valence-corrected chi connectivity index (χ3v) is 2.69. The Kier molecular flexibility index (Phi) is 4.82. The van der Waals surface area contributed by atoms with E-state index < -0.39 is 0 Å². The molecule has 1 rings (SSSR count). The molecule has 1 aromatic rings. The van der Waals surface area contributed by atoms with E-state index in [9.17, 15) is 5.11 Å². The van der Waals surface area contributed by atoms with E-state index >= 15 is 0 Å². The Morgan fingerprint density at radius 3 is 2.59 bits per heavy atom. The molecule has 17 heavy (non-hydrogen) atoms. The predicted molar refractivity (Wildman–Crippen MR) is 71.7 cm³/mol. The first kappa shape index (κ1) is 13.8.